The number of aromatic nitrogens is 1. The molecule has 0 bridgehead atoms. The van der Waals surface area contributed by atoms with Gasteiger partial charge in [-0.1, -0.05) is 0 Å². The number of nitrogens with one attached hydrogen (secondary N) is 2. The number of ether oxygens (including phenoxy) is 1. The average Bonchev–Trinajstić information content (AvgIpc) is 2.68. The zero-order valence-electron chi connectivity index (χ0n) is 16.1. The minimum Gasteiger partial charge on any atom is -0.497 e. The Morgan fingerprint density at radius 1 is 1.04 bits per heavy atom. The molecule has 0 atom stereocenters. The standard InChI is InChI=1S/C20H27N5O2/c1-15(2)22-20(26)23-16-4-9-19(21-14-16)25-12-10-24(11-13-25)17-5-7-18(27-3)8-6-17/h4-9,14-15H,10-13H2,1-3H3,(H2,22,23,26). The van der Waals surface area contributed by atoms with Crippen LogP contribution in [0.3, 0.4) is 0 Å². The zero-order valence-corrected chi connectivity index (χ0v) is 16.1. The summed E-state index contributed by atoms with van der Waals surface area (Å²) in [5, 5.41) is 5.59. The van der Waals surface area contributed by atoms with Crippen molar-refractivity contribution in [3.05, 3.63) is 42.6 Å². The largest absolute Gasteiger partial charge is 0.497 e. The Bertz CT molecular complexity index is 738. The van der Waals surface area contributed by atoms with Gasteiger partial charge in [-0.05, 0) is 50.2 Å². The summed E-state index contributed by atoms with van der Waals surface area (Å²) in [6, 6.07) is 11.9. The minimum atomic E-state index is -0.215. The Labute approximate surface area is 160 Å². The number of pyridine rings is 1. The molecule has 3 rings (SSSR count). The van der Waals surface area contributed by atoms with Crippen molar-refractivity contribution < 1.29 is 9.53 Å². The second kappa shape index (κ2) is 8.62. The van der Waals surface area contributed by atoms with Crippen LogP contribution in [0.25, 0.3) is 0 Å². The summed E-state index contributed by atoms with van der Waals surface area (Å²) >= 11 is 0. The first kappa shape index (κ1) is 18.8. The topological polar surface area (TPSA) is 69.7 Å². The van der Waals surface area contributed by atoms with E-state index >= 15 is 0 Å². The maximum atomic E-state index is 11.7. The van der Waals surface area contributed by atoms with Gasteiger partial charge in [0, 0.05) is 37.9 Å². The summed E-state index contributed by atoms with van der Waals surface area (Å²) < 4.78 is 5.22. The highest BCUT2D eigenvalue weighted by atomic mass is 16.5. The van der Waals surface area contributed by atoms with Gasteiger partial charge < -0.3 is 25.2 Å². The molecule has 1 fully saturated rings. The molecule has 0 aliphatic carbocycles. The van der Waals surface area contributed by atoms with Crippen LogP contribution in [0.1, 0.15) is 13.8 Å². The lowest BCUT2D eigenvalue weighted by atomic mass is 10.2. The van der Waals surface area contributed by atoms with E-state index in [1.54, 1.807) is 13.3 Å². The van der Waals surface area contributed by atoms with Gasteiger partial charge in [-0.25, -0.2) is 9.78 Å². The molecule has 1 aliphatic rings. The number of carbonyl (C=O) groups excluding carboxylic acids is 1. The van der Waals surface area contributed by atoms with Crippen LogP contribution in [0.2, 0.25) is 0 Å². The highest BCUT2D eigenvalue weighted by molar-refractivity contribution is 5.89. The maximum absolute atomic E-state index is 11.7. The van der Waals surface area contributed by atoms with E-state index in [0.29, 0.717) is 5.69 Å². The Balaban J connectivity index is 1.53. The summed E-state index contributed by atoms with van der Waals surface area (Å²) in [4.78, 5) is 20.9. The Hall–Kier alpha value is -2.96. The van der Waals surface area contributed by atoms with Gasteiger partial charge in [-0.2, -0.15) is 0 Å². The van der Waals surface area contributed by atoms with Crippen LogP contribution in [-0.4, -0.2) is 50.3 Å². The molecule has 2 heterocycles. The highest BCUT2D eigenvalue weighted by Gasteiger charge is 2.18. The molecule has 1 aliphatic heterocycles. The molecule has 2 amide bonds. The number of piperazine rings is 1. The molecule has 0 saturated carbocycles. The van der Waals surface area contributed by atoms with Gasteiger partial charge in [0.1, 0.15) is 11.6 Å². The van der Waals surface area contributed by atoms with E-state index in [9.17, 15) is 4.79 Å². The van der Waals surface area contributed by atoms with Gasteiger partial charge in [-0.3, -0.25) is 0 Å². The predicted molar refractivity (Wildman–Crippen MR) is 109 cm³/mol. The quantitative estimate of drug-likeness (QED) is 0.848. The van der Waals surface area contributed by atoms with Crippen LogP contribution < -0.4 is 25.2 Å². The SMILES string of the molecule is COc1ccc(N2CCN(c3ccc(NC(=O)NC(C)C)cn3)CC2)cc1. The smallest absolute Gasteiger partial charge is 0.319 e. The number of nitrogens with zero attached hydrogens (tertiary/aromatic N) is 3. The number of hydrogen-bond acceptors (Lipinski definition) is 5. The Morgan fingerprint density at radius 2 is 1.70 bits per heavy atom. The lowest BCUT2D eigenvalue weighted by molar-refractivity contribution is 0.250. The summed E-state index contributed by atoms with van der Waals surface area (Å²) in [7, 11) is 1.68. The summed E-state index contributed by atoms with van der Waals surface area (Å²) in [6.45, 7) is 7.52. The van der Waals surface area contributed by atoms with Crippen molar-refractivity contribution in [3.8, 4) is 5.75 Å². The van der Waals surface area contributed by atoms with Crippen molar-refractivity contribution in [2.45, 2.75) is 19.9 Å². The van der Waals surface area contributed by atoms with E-state index in [0.717, 1.165) is 37.7 Å². The molecule has 1 saturated heterocycles. The summed E-state index contributed by atoms with van der Waals surface area (Å²) in [6.07, 6.45) is 1.70. The van der Waals surface area contributed by atoms with E-state index in [-0.39, 0.29) is 12.1 Å². The van der Waals surface area contributed by atoms with E-state index in [1.165, 1.54) is 5.69 Å². The molecule has 2 N–H and O–H groups in total. The van der Waals surface area contributed by atoms with E-state index < -0.39 is 0 Å². The van der Waals surface area contributed by atoms with Crippen molar-refractivity contribution in [2.24, 2.45) is 0 Å². The van der Waals surface area contributed by atoms with Crippen LogP contribution in [-0.2, 0) is 0 Å². The van der Waals surface area contributed by atoms with Gasteiger partial charge in [0.2, 0.25) is 0 Å². The zero-order chi connectivity index (χ0) is 19.2. The van der Waals surface area contributed by atoms with Crippen LogP contribution in [0, 0.1) is 0 Å². The number of methoxy groups -OCH3 is 1. The Morgan fingerprint density at radius 3 is 2.26 bits per heavy atom. The maximum Gasteiger partial charge on any atom is 0.319 e. The molecule has 7 heteroatoms. The van der Waals surface area contributed by atoms with Crippen LogP contribution in [0.15, 0.2) is 42.6 Å². The molecule has 0 spiro atoms. The fraction of sp³-hybridized carbons (Fsp3) is 0.400. The predicted octanol–water partition coefficient (Wildman–Crippen LogP) is 2.95. The van der Waals surface area contributed by atoms with Gasteiger partial charge in [0.25, 0.3) is 0 Å². The normalized spacial score (nSPS) is 14.2. The first-order chi connectivity index (χ1) is 13.0. The third-order valence-corrected chi connectivity index (χ3v) is 4.47. The molecular weight excluding hydrogens is 342 g/mol. The van der Waals surface area contributed by atoms with Gasteiger partial charge in [-0.15, -0.1) is 0 Å². The Kier molecular flexibility index (Phi) is 6.01. The molecule has 1 aromatic heterocycles. The monoisotopic (exact) mass is 369 g/mol. The van der Waals surface area contributed by atoms with Crippen molar-refractivity contribution in [1.82, 2.24) is 10.3 Å². The second-order valence-electron chi connectivity index (χ2n) is 6.83. The lowest BCUT2D eigenvalue weighted by Crippen LogP contribution is -2.46. The number of urea groups is 1. The van der Waals surface area contributed by atoms with Crippen LogP contribution >= 0.6 is 0 Å². The highest BCUT2D eigenvalue weighted by Crippen LogP contribution is 2.22. The number of rotatable bonds is 5. The molecule has 0 radical (unpaired) electrons. The fourth-order valence-corrected chi connectivity index (χ4v) is 3.06. The van der Waals surface area contributed by atoms with E-state index in [2.05, 4.69) is 37.6 Å². The van der Waals surface area contributed by atoms with Crippen LogP contribution in [0.4, 0.5) is 22.0 Å². The fourth-order valence-electron chi connectivity index (χ4n) is 3.06. The molecule has 27 heavy (non-hydrogen) atoms. The number of carbonyl (C=O) groups is 1. The van der Waals surface area contributed by atoms with Crippen molar-refractivity contribution >= 4 is 23.2 Å². The average molecular weight is 369 g/mol. The third-order valence-electron chi connectivity index (χ3n) is 4.47. The number of anilines is 3. The van der Waals surface area contributed by atoms with Crippen molar-refractivity contribution in [2.75, 3.05) is 48.4 Å². The summed E-state index contributed by atoms with van der Waals surface area (Å²) in [5.74, 6) is 1.80. The second-order valence-corrected chi connectivity index (χ2v) is 6.83. The number of benzene rings is 1. The van der Waals surface area contributed by atoms with Gasteiger partial charge in [0.15, 0.2) is 0 Å². The molecule has 1 aromatic carbocycles. The van der Waals surface area contributed by atoms with E-state index in [4.69, 9.17) is 4.74 Å². The first-order valence-electron chi connectivity index (χ1n) is 9.22. The molecule has 2 aromatic rings. The number of hydrogen-bond donors (Lipinski definition) is 2. The van der Waals surface area contributed by atoms with Crippen molar-refractivity contribution in [3.63, 3.8) is 0 Å². The molecular formula is C20H27N5O2. The molecule has 144 valence electrons. The molecule has 7 nitrogen and oxygen atoms in total. The van der Waals surface area contributed by atoms with E-state index in [1.807, 2.05) is 38.1 Å². The molecule has 0 unspecified atom stereocenters. The van der Waals surface area contributed by atoms with Gasteiger partial charge >= 0.3 is 6.03 Å². The van der Waals surface area contributed by atoms with Crippen LogP contribution in [0.5, 0.6) is 5.75 Å². The van der Waals surface area contributed by atoms with Crippen molar-refractivity contribution in [1.29, 1.82) is 0 Å². The third kappa shape index (κ3) is 5.03. The minimum absolute atomic E-state index is 0.0965. The lowest BCUT2D eigenvalue weighted by Gasteiger charge is -2.36. The number of amides is 2. The first-order valence-corrected chi connectivity index (χ1v) is 9.22. The summed E-state index contributed by atoms with van der Waals surface area (Å²) in [5.41, 5.74) is 1.90. The van der Waals surface area contributed by atoms with Gasteiger partial charge in [0.05, 0.1) is 19.0 Å².